The molecule has 3 nitrogen and oxygen atoms in total. The summed E-state index contributed by atoms with van der Waals surface area (Å²) in [6.07, 6.45) is 3.48. The molecule has 0 amide bonds. The minimum atomic E-state index is 0.165. The number of benzene rings is 1. The van der Waals surface area contributed by atoms with Gasteiger partial charge < -0.3 is 5.73 Å². The molecule has 1 aromatic rings. The van der Waals surface area contributed by atoms with E-state index in [0.29, 0.717) is 12.1 Å². The molecule has 3 rings (SSSR count). The molecular weight excluding hydrogens is 258 g/mol. The van der Waals surface area contributed by atoms with E-state index >= 15 is 0 Å². The lowest BCUT2D eigenvalue weighted by Gasteiger charge is -2.53. The standard InChI is InChI=1S/C18H29N3/c1-14-11-21(12-15(2)20(14)3)18(13-19)9-8-16-6-4-5-7-17(16)10-18/h4-7,14-15H,8-13,19H2,1-3H3. The van der Waals surface area contributed by atoms with E-state index in [1.165, 1.54) is 24.0 Å². The van der Waals surface area contributed by atoms with Crippen LogP contribution >= 0.6 is 0 Å². The quantitative estimate of drug-likeness (QED) is 0.902. The van der Waals surface area contributed by atoms with Gasteiger partial charge in [0.25, 0.3) is 0 Å². The molecule has 1 saturated heterocycles. The van der Waals surface area contributed by atoms with Gasteiger partial charge >= 0.3 is 0 Å². The summed E-state index contributed by atoms with van der Waals surface area (Å²) in [5.41, 5.74) is 9.49. The third-order valence-corrected chi connectivity index (χ3v) is 5.91. The van der Waals surface area contributed by atoms with Gasteiger partial charge in [0.15, 0.2) is 0 Å². The molecule has 0 saturated carbocycles. The van der Waals surface area contributed by atoms with Crippen molar-refractivity contribution in [2.75, 3.05) is 26.7 Å². The van der Waals surface area contributed by atoms with Crippen molar-refractivity contribution in [1.82, 2.24) is 9.80 Å². The molecule has 3 unspecified atom stereocenters. The van der Waals surface area contributed by atoms with E-state index in [4.69, 9.17) is 5.73 Å². The van der Waals surface area contributed by atoms with Crippen LogP contribution in [0.1, 0.15) is 31.4 Å². The summed E-state index contributed by atoms with van der Waals surface area (Å²) in [7, 11) is 2.25. The molecule has 0 bridgehead atoms. The lowest BCUT2D eigenvalue weighted by atomic mass is 9.76. The zero-order valence-corrected chi connectivity index (χ0v) is 13.7. The van der Waals surface area contributed by atoms with Crippen molar-refractivity contribution in [3.8, 4) is 0 Å². The molecule has 2 N–H and O–H groups in total. The van der Waals surface area contributed by atoms with E-state index in [9.17, 15) is 0 Å². The highest BCUT2D eigenvalue weighted by Crippen LogP contribution is 2.34. The maximum atomic E-state index is 6.30. The Morgan fingerprint density at radius 3 is 2.38 bits per heavy atom. The van der Waals surface area contributed by atoms with Crippen molar-refractivity contribution in [3.63, 3.8) is 0 Å². The second-order valence-electron chi connectivity index (χ2n) is 7.14. The Balaban J connectivity index is 1.85. The minimum absolute atomic E-state index is 0.165. The van der Waals surface area contributed by atoms with Crippen LogP contribution in [0.3, 0.4) is 0 Å². The fourth-order valence-corrected chi connectivity index (χ4v) is 4.15. The molecule has 3 heteroatoms. The number of nitrogens with two attached hydrogens (primary N) is 1. The van der Waals surface area contributed by atoms with Gasteiger partial charge in [-0.05, 0) is 51.3 Å². The first-order valence-corrected chi connectivity index (χ1v) is 8.29. The smallest absolute Gasteiger partial charge is 0.0376 e. The zero-order valence-electron chi connectivity index (χ0n) is 13.7. The van der Waals surface area contributed by atoms with Gasteiger partial charge in [0.1, 0.15) is 0 Å². The number of rotatable bonds is 2. The maximum Gasteiger partial charge on any atom is 0.0376 e. The largest absolute Gasteiger partial charge is 0.329 e. The van der Waals surface area contributed by atoms with Crippen molar-refractivity contribution < 1.29 is 0 Å². The lowest BCUT2D eigenvalue weighted by molar-refractivity contribution is -0.0160. The molecular formula is C18H29N3. The van der Waals surface area contributed by atoms with Crippen LogP contribution in [0.15, 0.2) is 24.3 Å². The minimum Gasteiger partial charge on any atom is -0.329 e. The van der Waals surface area contributed by atoms with Crippen LogP contribution < -0.4 is 5.73 Å². The third kappa shape index (κ3) is 2.63. The first kappa shape index (κ1) is 15.0. The molecule has 0 radical (unpaired) electrons. The molecule has 1 heterocycles. The highest BCUT2D eigenvalue weighted by atomic mass is 15.3. The normalized spacial score (nSPS) is 34.7. The molecule has 1 aliphatic carbocycles. The summed E-state index contributed by atoms with van der Waals surface area (Å²) in [4.78, 5) is 5.19. The predicted octanol–water partition coefficient (Wildman–Crippen LogP) is 1.90. The van der Waals surface area contributed by atoms with Gasteiger partial charge in [-0.2, -0.15) is 0 Å². The van der Waals surface area contributed by atoms with Crippen molar-refractivity contribution in [3.05, 3.63) is 35.4 Å². The van der Waals surface area contributed by atoms with Crippen molar-refractivity contribution in [1.29, 1.82) is 0 Å². The monoisotopic (exact) mass is 287 g/mol. The summed E-state index contributed by atoms with van der Waals surface area (Å²) in [6, 6.07) is 10.1. The molecule has 1 aromatic carbocycles. The molecule has 116 valence electrons. The molecule has 3 atom stereocenters. The van der Waals surface area contributed by atoms with Crippen LogP contribution in [-0.4, -0.2) is 54.1 Å². The second kappa shape index (κ2) is 5.71. The third-order valence-electron chi connectivity index (χ3n) is 5.91. The highest BCUT2D eigenvalue weighted by Gasteiger charge is 2.42. The van der Waals surface area contributed by atoms with Crippen molar-refractivity contribution in [2.24, 2.45) is 5.73 Å². The average Bonchev–Trinajstić information content (AvgIpc) is 2.51. The maximum absolute atomic E-state index is 6.30. The van der Waals surface area contributed by atoms with Gasteiger partial charge in [0, 0.05) is 37.3 Å². The van der Waals surface area contributed by atoms with Gasteiger partial charge in [-0.25, -0.2) is 0 Å². The lowest BCUT2D eigenvalue weighted by Crippen LogP contribution is -2.65. The van der Waals surface area contributed by atoms with E-state index in [-0.39, 0.29) is 5.54 Å². The second-order valence-corrected chi connectivity index (χ2v) is 7.14. The summed E-state index contributed by atoms with van der Waals surface area (Å²) in [5, 5.41) is 0. The predicted molar refractivity (Wildman–Crippen MR) is 88.5 cm³/mol. The molecule has 2 aliphatic rings. The Morgan fingerprint density at radius 1 is 1.14 bits per heavy atom. The van der Waals surface area contributed by atoms with Gasteiger partial charge in [-0.15, -0.1) is 0 Å². The number of piperazine rings is 1. The van der Waals surface area contributed by atoms with Crippen LogP contribution in [0.4, 0.5) is 0 Å². The number of fused-ring (bicyclic) bond motifs is 1. The Labute approximate surface area is 129 Å². The van der Waals surface area contributed by atoms with Crippen LogP contribution in [0.2, 0.25) is 0 Å². The first-order chi connectivity index (χ1) is 10.1. The fourth-order valence-electron chi connectivity index (χ4n) is 4.15. The summed E-state index contributed by atoms with van der Waals surface area (Å²) < 4.78 is 0. The summed E-state index contributed by atoms with van der Waals surface area (Å²) in [5.74, 6) is 0. The van der Waals surface area contributed by atoms with E-state index in [2.05, 4.69) is 55.0 Å². The zero-order chi connectivity index (χ0) is 15.0. The van der Waals surface area contributed by atoms with Crippen LogP contribution in [-0.2, 0) is 12.8 Å². The van der Waals surface area contributed by atoms with Crippen LogP contribution in [0.5, 0.6) is 0 Å². The van der Waals surface area contributed by atoms with E-state index < -0.39 is 0 Å². The molecule has 21 heavy (non-hydrogen) atoms. The van der Waals surface area contributed by atoms with Gasteiger partial charge in [0.05, 0.1) is 0 Å². The van der Waals surface area contributed by atoms with Gasteiger partial charge in [0.2, 0.25) is 0 Å². The number of hydrogen-bond acceptors (Lipinski definition) is 3. The number of hydrogen-bond donors (Lipinski definition) is 1. The molecule has 1 fully saturated rings. The molecule has 0 aromatic heterocycles. The van der Waals surface area contributed by atoms with E-state index in [1.54, 1.807) is 0 Å². The number of nitrogens with zero attached hydrogens (tertiary/aromatic N) is 2. The SMILES string of the molecule is CC1CN(C2(CN)CCc3ccccc3C2)CC(C)N1C. The van der Waals surface area contributed by atoms with E-state index in [1.807, 2.05) is 0 Å². The van der Waals surface area contributed by atoms with Crippen molar-refractivity contribution in [2.45, 2.75) is 50.7 Å². The number of aryl methyl sites for hydroxylation is 1. The van der Waals surface area contributed by atoms with E-state index in [0.717, 1.165) is 26.1 Å². The topological polar surface area (TPSA) is 32.5 Å². The van der Waals surface area contributed by atoms with Gasteiger partial charge in [-0.1, -0.05) is 24.3 Å². The Morgan fingerprint density at radius 2 is 1.76 bits per heavy atom. The van der Waals surface area contributed by atoms with Crippen molar-refractivity contribution >= 4 is 0 Å². The Hall–Kier alpha value is -0.900. The van der Waals surface area contributed by atoms with Crippen LogP contribution in [0.25, 0.3) is 0 Å². The first-order valence-electron chi connectivity index (χ1n) is 8.29. The highest BCUT2D eigenvalue weighted by molar-refractivity contribution is 5.32. The molecule has 0 spiro atoms. The summed E-state index contributed by atoms with van der Waals surface area (Å²) in [6.45, 7) is 7.72. The van der Waals surface area contributed by atoms with Gasteiger partial charge in [-0.3, -0.25) is 9.80 Å². The fraction of sp³-hybridized carbons (Fsp3) is 0.667. The number of likely N-dealkylation sites (N-methyl/N-ethyl adjacent to an activating group) is 1. The average molecular weight is 287 g/mol. The Kier molecular flexibility index (Phi) is 4.08. The van der Waals surface area contributed by atoms with Crippen LogP contribution in [0, 0.1) is 0 Å². The summed E-state index contributed by atoms with van der Waals surface area (Å²) >= 11 is 0. The Bertz CT molecular complexity index is 489. The molecule has 1 aliphatic heterocycles.